The topological polar surface area (TPSA) is 0 Å². The average Bonchev–Trinajstić information content (AvgIpc) is 2.58. The van der Waals surface area contributed by atoms with Crippen molar-refractivity contribution in [2.24, 2.45) is 0 Å². The molecule has 0 radical (unpaired) electrons. The van der Waals surface area contributed by atoms with Crippen molar-refractivity contribution >= 4 is 71.7 Å². The van der Waals surface area contributed by atoms with Gasteiger partial charge < -0.3 is 0 Å². The molecule has 0 fully saturated rings. The molecule has 0 unspecified atom stereocenters. The van der Waals surface area contributed by atoms with Crippen molar-refractivity contribution in [2.75, 3.05) is 0 Å². The predicted octanol–water partition coefficient (Wildman–Crippen LogP) is 7.68. The van der Waals surface area contributed by atoms with Crippen LogP contribution in [0.25, 0.3) is 32.7 Å². The van der Waals surface area contributed by atoms with E-state index in [1.807, 2.05) is 18.2 Å². The predicted molar refractivity (Wildman–Crippen MR) is 112 cm³/mol. The van der Waals surface area contributed by atoms with Crippen molar-refractivity contribution in [3.05, 3.63) is 79.8 Å². The number of hydrogen-bond donors (Lipinski definition) is 0. The Labute approximate surface area is 161 Å². The summed E-state index contributed by atoms with van der Waals surface area (Å²) in [7, 11) is 0. The van der Waals surface area contributed by atoms with Crippen molar-refractivity contribution in [3.8, 4) is 11.1 Å². The molecule has 0 bridgehead atoms. The van der Waals surface area contributed by atoms with Crippen molar-refractivity contribution < 1.29 is 0 Å². The van der Waals surface area contributed by atoms with Crippen LogP contribution < -0.4 is 0 Å². The molecule has 0 saturated heterocycles. The zero-order chi connectivity index (χ0) is 16.0. The Balaban J connectivity index is 2.25. The quantitative estimate of drug-likeness (QED) is 0.188. The maximum absolute atomic E-state index is 6.27. The lowest BCUT2D eigenvalue weighted by molar-refractivity contribution is 1.60. The van der Waals surface area contributed by atoms with E-state index in [-0.39, 0.29) is 0 Å². The summed E-state index contributed by atoms with van der Waals surface area (Å²) in [5.41, 5.74) is 2.36. The van der Waals surface area contributed by atoms with Gasteiger partial charge in [0.05, 0.1) is 0 Å². The molecular weight excluding hydrogens is 482 g/mol. The molecule has 0 saturated carbocycles. The standard InChI is InChI=1S/C20H11BrClI/c21-18-10-9-12(22)11-17(18)19-15-7-3-1-5-13(15)14-6-2-4-8-16(14)20(19)23/h1-11H. The highest BCUT2D eigenvalue weighted by Gasteiger charge is 2.16. The zero-order valence-electron chi connectivity index (χ0n) is 12.0. The lowest BCUT2D eigenvalue weighted by Crippen LogP contribution is -1.91. The highest BCUT2D eigenvalue weighted by molar-refractivity contribution is 14.1. The summed E-state index contributed by atoms with van der Waals surface area (Å²) in [6, 6.07) is 23.1. The van der Waals surface area contributed by atoms with Gasteiger partial charge in [0.1, 0.15) is 0 Å². The number of hydrogen-bond acceptors (Lipinski definition) is 0. The van der Waals surface area contributed by atoms with Crippen LogP contribution in [0.4, 0.5) is 0 Å². The number of benzene rings is 4. The number of rotatable bonds is 1. The second kappa shape index (κ2) is 6.08. The van der Waals surface area contributed by atoms with E-state index in [0.717, 1.165) is 15.1 Å². The Bertz CT molecular complexity index is 1060. The summed E-state index contributed by atoms with van der Waals surface area (Å²) >= 11 is 12.4. The molecule has 0 heterocycles. The Morgan fingerprint density at radius 1 is 0.739 bits per heavy atom. The van der Waals surface area contributed by atoms with Crippen molar-refractivity contribution in [3.63, 3.8) is 0 Å². The Hall–Kier alpha value is -1.10. The van der Waals surface area contributed by atoms with Gasteiger partial charge in [0.2, 0.25) is 0 Å². The molecule has 23 heavy (non-hydrogen) atoms. The van der Waals surface area contributed by atoms with Crippen LogP contribution in [0, 0.1) is 3.57 Å². The van der Waals surface area contributed by atoms with Gasteiger partial charge in [-0.2, -0.15) is 0 Å². The lowest BCUT2D eigenvalue weighted by atomic mass is 9.93. The van der Waals surface area contributed by atoms with Crippen LogP contribution in [0.2, 0.25) is 5.02 Å². The maximum Gasteiger partial charge on any atom is 0.0412 e. The van der Waals surface area contributed by atoms with E-state index < -0.39 is 0 Å². The zero-order valence-corrected chi connectivity index (χ0v) is 16.5. The molecule has 3 heteroatoms. The highest BCUT2D eigenvalue weighted by Crippen LogP contribution is 2.42. The van der Waals surface area contributed by atoms with Gasteiger partial charge in [-0.15, -0.1) is 0 Å². The molecule has 0 spiro atoms. The van der Waals surface area contributed by atoms with Crippen molar-refractivity contribution in [1.29, 1.82) is 0 Å². The molecule has 0 nitrogen and oxygen atoms in total. The van der Waals surface area contributed by atoms with Crippen LogP contribution in [0.15, 0.2) is 71.2 Å². The van der Waals surface area contributed by atoms with E-state index in [1.54, 1.807) is 0 Å². The maximum atomic E-state index is 6.27. The summed E-state index contributed by atoms with van der Waals surface area (Å²) in [6.07, 6.45) is 0. The van der Waals surface area contributed by atoms with Gasteiger partial charge in [-0.25, -0.2) is 0 Å². The Morgan fingerprint density at radius 2 is 1.30 bits per heavy atom. The number of fused-ring (bicyclic) bond motifs is 3. The van der Waals surface area contributed by atoms with Gasteiger partial charge in [-0.3, -0.25) is 0 Å². The first-order valence-electron chi connectivity index (χ1n) is 7.21. The fourth-order valence-corrected chi connectivity index (χ4v) is 4.72. The Morgan fingerprint density at radius 3 is 2.00 bits per heavy atom. The van der Waals surface area contributed by atoms with Crippen LogP contribution in [0.1, 0.15) is 0 Å². The van der Waals surface area contributed by atoms with Gasteiger partial charge in [-0.1, -0.05) is 76.1 Å². The third-order valence-corrected chi connectivity index (χ3v) is 6.11. The summed E-state index contributed by atoms with van der Waals surface area (Å²) in [6.45, 7) is 0. The molecule has 0 aromatic heterocycles. The molecule has 0 aliphatic rings. The van der Waals surface area contributed by atoms with Crippen LogP contribution >= 0.6 is 50.1 Å². The average molecular weight is 494 g/mol. The summed E-state index contributed by atoms with van der Waals surface area (Å²) in [5.74, 6) is 0. The van der Waals surface area contributed by atoms with Gasteiger partial charge in [-0.05, 0) is 67.9 Å². The van der Waals surface area contributed by atoms with Crippen LogP contribution in [-0.2, 0) is 0 Å². The molecule has 0 amide bonds. The minimum atomic E-state index is 0.747. The molecule has 4 rings (SSSR count). The van der Waals surface area contributed by atoms with Gasteiger partial charge in [0.25, 0.3) is 0 Å². The second-order valence-electron chi connectivity index (χ2n) is 5.40. The lowest BCUT2D eigenvalue weighted by Gasteiger charge is -2.15. The van der Waals surface area contributed by atoms with Crippen LogP contribution in [0.3, 0.4) is 0 Å². The third-order valence-electron chi connectivity index (χ3n) is 4.07. The molecule has 0 aliphatic heterocycles. The van der Waals surface area contributed by atoms with Crippen molar-refractivity contribution in [1.82, 2.24) is 0 Å². The second-order valence-corrected chi connectivity index (χ2v) is 7.77. The molecule has 4 aromatic carbocycles. The van der Waals surface area contributed by atoms with Gasteiger partial charge in [0, 0.05) is 18.6 Å². The Kier molecular flexibility index (Phi) is 4.08. The SMILES string of the molecule is Clc1ccc(Br)c(-c2c(I)c3ccccc3c3ccccc23)c1. The molecule has 0 aliphatic carbocycles. The van der Waals surface area contributed by atoms with E-state index in [2.05, 4.69) is 87.1 Å². The first kappa shape index (κ1) is 15.4. The van der Waals surface area contributed by atoms with Crippen molar-refractivity contribution in [2.45, 2.75) is 0 Å². The number of halogens is 3. The largest absolute Gasteiger partial charge is 0.0843 e. The fourth-order valence-electron chi connectivity index (χ4n) is 3.05. The minimum Gasteiger partial charge on any atom is -0.0843 e. The highest BCUT2D eigenvalue weighted by atomic mass is 127. The van der Waals surface area contributed by atoms with Gasteiger partial charge in [0.15, 0.2) is 0 Å². The van der Waals surface area contributed by atoms with E-state index in [4.69, 9.17) is 11.6 Å². The third kappa shape index (κ3) is 2.57. The fraction of sp³-hybridized carbons (Fsp3) is 0. The normalized spacial score (nSPS) is 11.3. The molecule has 112 valence electrons. The summed E-state index contributed by atoms with van der Waals surface area (Å²) in [5, 5.41) is 5.82. The summed E-state index contributed by atoms with van der Waals surface area (Å²) in [4.78, 5) is 0. The minimum absolute atomic E-state index is 0.747. The molecular formula is C20H11BrClI. The molecule has 4 aromatic rings. The van der Waals surface area contributed by atoms with E-state index in [0.29, 0.717) is 0 Å². The smallest absolute Gasteiger partial charge is 0.0412 e. The van der Waals surface area contributed by atoms with Crippen LogP contribution in [0.5, 0.6) is 0 Å². The molecule has 0 atom stereocenters. The molecule has 0 N–H and O–H groups in total. The van der Waals surface area contributed by atoms with E-state index in [9.17, 15) is 0 Å². The van der Waals surface area contributed by atoms with E-state index in [1.165, 1.54) is 30.7 Å². The first-order chi connectivity index (χ1) is 11.2. The van der Waals surface area contributed by atoms with Gasteiger partial charge >= 0.3 is 0 Å². The van der Waals surface area contributed by atoms with E-state index >= 15 is 0 Å². The first-order valence-corrected chi connectivity index (χ1v) is 9.46. The van der Waals surface area contributed by atoms with Crippen LogP contribution in [-0.4, -0.2) is 0 Å². The monoisotopic (exact) mass is 492 g/mol. The summed E-state index contributed by atoms with van der Waals surface area (Å²) < 4.78 is 2.31.